The SMILES string of the molecule is c1csc(-c2nc(SCc3ccncc3)n[nH]2)c1. The average Bonchev–Trinajstić information content (AvgIpc) is 3.08. The second kappa shape index (κ2) is 5.32. The smallest absolute Gasteiger partial charge is 0.209 e. The minimum atomic E-state index is 0.773. The molecule has 0 saturated heterocycles. The fraction of sp³-hybridized carbons (Fsp3) is 0.0833. The first-order valence-electron chi connectivity index (χ1n) is 5.40. The standard InChI is InChI=1S/C12H10N4S2/c1-2-10(17-7-1)11-14-12(16-15-11)18-8-9-3-5-13-6-4-9/h1-7H,8H2,(H,14,15,16). The summed E-state index contributed by atoms with van der Waals surface area (Å²) in [6.45, 7) is 0. The lowest BCUT2D eigenvalue weighted by molar-refractivity contribution is 0.973. The van der Waals surface area contributed by atoms with Gasteiger partial charge in [-0.25, -0.2) is 4.98 Å². The Morgan fingerprint density at radius 3 is 2.89 bits per heavy atom. The van der Waals surface area contributed by atoms with Gasteiger partial charge < -0.3 is 0 Å². The van der Waals surface area contributed by atoms with Crippen molar-refractivity contribution in [1.29, 1.82) is 0 Å². The van der Waals surface area contributed by atoms with Crippen LogP contribution in [-0.2, 0) is 5.75 Å². The maximum absolute atomic E-state index is 4.46. The van der Waals surface area contributed by atoms with Crippen molar-refractivity contribution < 1.29 is 0 Å². The Morgan fingerprint density at radius 1 is 1.22 bits per heavy atom. The third-order valence-electron chi connectivity index (χ3n) is 2.34. The van der Waals surface area contributed by atoms with E-state index in [1.165, 1.54) is 5.56 Å². The maximum atomic E-state index is 4.46. The molecule has 0 spiro atoms. The summed E-state index contributed by atoms with van der Waals surface area (Å²) in [6.07, 6.45) is 3.59. The van der Waals surface area contributed by atoms with Crippen molar-refractivity contribution in [1.82, 2.24) is 20.2 Å². The van der Waals surface area contributed by atoms with Gasteiger partial charge in [0.1, 0.15) is 0 Å². The molecule has 6 heteroatoms. The van der Waals surface area contributed by atoms with Crippen molar-refractivity contribution in [2.45, 2.75) is 10.9 Å². The number of aromatic nitrogens is 4. The third kappa shape index (κ3) is 2.60. The van der Waals surface area contributed by atoms with E-state index in [9.17, 15) is 0 Å². The first-order valence-corrected chi connectivity index (χ1v) is 7.26. The molecule has 3 aromatic rings. The van der Waals surface area contributed by atoms with Crippen molar-refractivity contribution in [2.24, 2.45) is 0 Å². The van der Waals surface area contributed by atoms with Gasteiger partial charge in [-0.1, -0.05) is 17.8 Å². The lowest BCUT2D eigenvalue weighted by Crippen LogP contribution is -1.82. The zero-order valence-corrected chi connectivity index (χ0v) is 11.0. The molecule has 4 nitrogen and oxygen atoms in total. The predicted octanol–water partition coefficient (Wildman–Crippen LogP) is 3.22. The molecule has 18 heavy (non-hydrogen) atoms. The molecule has 0 saturated carbocycles. The molecule has 0 aliphatic rings. The van der Waals surface area contributed by atoms with Gasteiger partial charge in [0.2, 0.25) is 5.16 Å². The Hall–Kier alpha value is -1.66. The molecule has 0 aliphatic carbocycles. The van der Waals surface area contributed by atoms with Crippen molar-refractivity contribution in [3.05, 3.63) is 47.6 Å². The summed E-state index contributed by atoms with van der Waals surface area (Å²) in [6, 6.07) is 8.04. The molecule has 0 atom stereocenters. The molecule has 0 amide bonds. The van der Waals surface area contributed by atoms with Crippen LogP contribution in [0.1, 0.15) is 5.56 Å². The lowest BCUT2D eigenvalue weighted by atomic mass is 10.3. The van der Waals surface area contributed by atoms with E-state index in [1.54, 1.807) is 35.5 Å². The Bertz CT molecular complexity index is 604. The van der Waals surface area contributed by atoms with Crippen LogP contribution >= 0.6 is 23.1 Å². The fourth-order valence-electron chi connectivity index (χ4n) is 1.46. The molecule has 0 unspecified atom stereocenters. The highest BCUT2D eigenvalue weighted by Gasteiger charge is 2.06. The number of nitrogens with zero attached hydrogens (tertiary/aromatic N) is 3. The quantitative estimate of drug-likeness (QED) is 0.742. The Labute approximate surface area is 113 Å². The molecular formula is C12H10N4S2. The van der Waals surface area contributed by atoms with Gasteiger partial charge in [0.15, 0.2) is 5.82 Å². The fourth-order valence-corrected chi connectivity index (χ4v) is 2.88. The summed E-state index contributed by atoms with van der Waals surface area (Å²) in [5, 5.41) is 9.97. The lowest BCUT2D eigenvalue weighted by Gasteiger charge is -1.96. The van der Waals surface area contributed by atoms with Gasteiger partial charge in [0.25, 0.3) is 0 Å². The van der Waals surface area contributed by atoms with E-state index in [0.717, 1.165) is 21.6 Å². The van der Waals surface area contributed by atoms with Gasteiger partial charge in [-0.3, -0.25) is 10.1 Å². The van der Waals surface area contributed by atoms with Crippen LogP contribution < -0.4 is 0 Å². The van der Waals surface area contributed by atoms with Gasteiger partial charge in [-0.15, -0.1) is 16.4 Å². The van der Waals surface area contributed by atoms with Gasteiger partial charge in [-0.2, -0.15) is 0 Å². The van der Waals surface area contributed by atoms with E-state index in [1.807, 2.05) is 29.6 Å². The number of aromatic amines is 1. The van der Waals surface area contributed by atoms with Crippen LogP contribution in [0.15, 0.2) is 47.2 Å². The van der Waals surface area contributed by atoms with Gasteiger partial charge >= 0.3 is 0 Å². The minimum absolute atomic E-state index is 0.773. The first-order chi connectivity index (χ1) is 8.92. The van der Waals surface area contributed by atoms with Crippen LogP contribution in [-0.4, -0.2) is 20.2 Å². The molecule has 0 fully saturated rings. The maximum Gasteiger partial charge on any atom is 0.209 e. The first kappa shape index (κ1) is 11.4. The summed E-state index contributed by atoms with van der Waals surface area (Å²) >= 11 is 3.27. The monoisotopic (exact) mass is 274 g/mol. The van der Waals surface area contributed by atoms with Crippen LogP contribution in [0.25, 0.3) is 10.7 Å². The molecule has 3 aromatic heterocycles. The van der Waals surface area contributed by atoms with Crippen LogP contribution in [0.3, 0.4) is 0 Å². The van der Waals surface area contributed by atoms with Crippen molar-refractivity contribution in [3.63, 3.8) is 0 Å². The van der Waals surface area contributed by atoms with Crippen molar-refractivity contribution in [3.8, 4) is 10.7 Å². The average molecular weight is 274 g/mol. The number of hydrogen-bond acceptors (Lipinski definition) is 5. The highest BCUT2D eigenvalue weighted by molar-refractivity contribution is 7.98. The number of rotatable bonds is 4. The number of hydrogen-bond donors (Lipinski definition) is 1. The molecule has 3 rings (SSSR count). The summed E-state index contributed by atoms with van der Waals surface area (Å²) in [7, 11) is 0. The van der Waals surface area contributed by atoms with E-state index in [2.05, 4.69) is 20.2 Å². The topological polar surface area (TPSA) is 54.5 Å². The Balaban J connectivity index is 1.68. The zero-order chi connectivity index (χ0) is 12.2. The summed E-state index contributed by atoms with van der Waals surface area (Å²) in [5.41, 5.74) is 1.22. The van der Waals surface area contributed by atoms with Gasteiger partial charge in [0.05, 0.1) is 4.88 Å². The van der Waals surface area contributed by atoms with E-state index in [-0.39, 0.29) is 0 Å². The van der Waals surface area contributed by atoms with Gasteiger partial charge in [-0.05, 0) is 29.1 Å². The van der Waals surface area contributed by atoms with E-state index < -0.39 is 0 Å². The second-order valence-electron chi connectivity index (χ2n) is 3.59. The molecule has 3 heterocycles. The molecule has 1 N–H and O–H groups in total. The molecule has 90 valence electrons. The second-order valence-corrected chi connectivity index (χ2v) is 5.48. The Kier molecular flexibility index (Phi) is 3.38. The van der Waals surface area contributed by atoms with E-state index in [0.29, 0.717) is 0 Å². The highest BCUT2D eigenvalue weighted by atomic mass is 32.2. The summed E-state index contributed by atoms with van der Waals surface area (Å²) in [4.78, 5) is 9.56. The van der Waals surface area contributed by atoms with E-state index >= 15 is 0 Å². The Morgan fingerprint density at radius 2 is 2.11 bits per heavy atom. The largest absolute Gasteiger partial charge is 0.265 e. The van der Waals surface area contributed by atoms with Crippen LogP contribution in [0.5, 0.6) is 0 Å². The minimum Gasteiger partial charge on any atom is -0.265 e. The summed E-state index contributed by atoms with van der Waals surface area (Å²) < 4.78 is 0. The van der Waals surface area contributed by atoms with Crippen molar-refractivity contribution >= 4 is 23.1 Å². The molecule has 0 bridgehead atoms. The number of thioether (sulfide) groups is 1. The van der Waals surface area contributed by atoms with E-state index in [4.69, 9.17) is 0 Å². The number of pyridine rings is 1. The molecule has 0 aromatic carbocycles. The number of thiophene rings is 1. The number of H-pyrrole nitrogens is 1. The summed E-state index contributed by atoms with van der Waals surface area (Å²) in [5.74, 6) is 1.69. The van der Waals surface area contributed by atoms with Crippen molar-refractivity contribution in [2.75, 3.05) is 0 Å². The van der Waals surface area contributed by atoms with Gasteiger partial charge in [0, 0.05) is 18.1 Å². The van der Waals surface area contributed by atoms with Crippen LogP contribution in [0.4, 0.5) is 0 Å². The molecular weight excluding hydrogens is 264 g/mol. The molecule has 0 radical (unpaired) electrons. The van der Waals surface area contributed by atoms with Crippen LogP contribution in [0.2, 0.25) is 0 Å². The normalized spacial score (nSPS) is 10.7. The predicted molar refractivity (Wildman–Crippen MR) is 73.5 cm³/mol. The highest BCUT2D eigenvalue weighted by Crippen LogP contribution is 2.24. The third-order valence-corrected chi connectivity index (χ3v) is 4.13. The van der Waals surface area contributed by atoms with Crippen LogP contribution in [0, 0.1) is 0 Å². The number of nitrogens with one attached hydrogen (secondary N) is 1. The zero-order valence-electron chi connectivity index (χ0n) is 9.41. The molecule has 0 aliphatic heterocycles.